The Labute approximate surface area is 149 Å². The predicted molar refractivity (Wildman–Crippen MR) is 91.6 cm³/mol. The molecule has 0 aliphatic carbocycles. The molecule has 0 spiro atoms. The summed E-state index contributed by atoms with van der Waals surface area (Å²) in [5.74, 6) is -0.485. The second-order valence-electron chi connectivity index (χ2n) is 5.91. The first-order chi connectivity index (χ1) is 12.8. The van der Waals surface area contributed by atoms with Gasteiger partial charge >= 0.3 is 6.18 Å². The Balaban J connectivity index is 1.92. The normalized spacial score (nSPS) is 11.9. The van der Waals surface area contributed by atoms with Gasteiger partial charge < -0.3 is 0 Å². The molecule has 4 rings (SSSR count). The van der Waals surface area contributed by atoms with Gasteiger partial charge in [0, 0.05) is 23.4 Å². The van der Waals surface area contributed by atoms with Crippen molar-refractivity contribution in [3.05, 3.63) is 82.5 Å². The van der Waals surface area contributed by atoms with Gasteiger partial charge in [0.25, 0.3) is 5.56 Å². The summed E-state index contributed by atoms with van der Waals surface area (Å²) in [7, 11) is 0. The lowest BCUT2D eigenvalue weighted by Gasteiger charge is -2.08. The summed E-state index contributed by atoms with van der Waals surface area (Å²) >= 11 is 0. The molecule has 2 heterocycles. The molecular formula is C19H11F4N3O. The maximum absolute atomic E-state index is 13.5. The SMILES string of the molecule is O=c1cc(-c2cccc(F)c2)nc2c(-c3cccc(C(F)(F)F)c3)c[nH]n12. The van der Waals surface area contributed by atoms with Gasteiger partial charge in [0.2, 0.25) is 0 Å². The Morgan fingerprint density at radius 3 is 2.44 bits per heavy atom. The summed E-state index contributed by atoms with van der Waals surface area (Å²) < 4.78 is 53.6. The van der Waals surface area contributed by atoms with Crippen LogP contribution in [0, 0.1) is 5.82 Å². The largest absolute Gasteiger partial charge is 0.416 e. The molecule has 0 fully saturated rings. The third kappa shape index (κ3) is 3.10. The zero-order valence-corrected chi connectivity index (χ0v) is 13.6. The molecule has 0 radical (unpaired) electrons. The molecule has 0 saturated carbocycles. The number of rotatable bonds is 2. The van der Waals surface area contributed by atoms with E-state index in [4.69, 9.17) is 0 Å². The molecule has 0 amide bonds. The first-order valence-electron chi connectivity index (χ1n) is 7.88. The van der Waals surface area contributed by atoms with Crippen LogP contribution in [0.1, 0.15) is 5.56 Å². The summed E-state index contributed by atoms with van der Waals surface area (Å²) in [4.78, 5) is 16.7. The monoisotopic (exact) mass is 373 g/mol. The number of fused-ring (bicyclic) bond motifs is 1. The van der Waals surface area contributed by atoms with E-state index in [0.717, 1.165) is 16.6 Å². The van der Waals surface area contributed by atoms with Crippen LogP contribution in [0.3, 0.4) is 0 Å². The van der Waals surface area contributed by atoms with Crippen LogP contribution in [-0.2, 0) is 6.18 Å². The second-order valence-corrected chi connectivity index (χ2v) is 5.91. The van der Waals surface area contributed by atoms with Gasteiger partial charge in [-0.15, -0.1) is 0 Å². The minimum Gasteiger partial charge on any atom is -0.296 e. The fraction of sp³-hybridized carbons (Fsp3) is 0.0526. The number of benzene rings is 2. The Hall–Kier alpha value is -3.42. The van der Waals surface area contributed by atoms with Crippen molar-refractivity contribution in [3.63, 3.8) is 0 Å². The van der Waals surface area contributed by atoms with E-state index in [9.17, 15) is 22.4 Å². The molecule has 4 aromatic rings. The van der Waals surface area contributed by atoms with Crippen molar-refractivity contribution in [1.82, 2.24) is 14.6 Å². The van der Waals surface area contributed by atoms with E-state index in [0.29, 0.717) is 11.1 Å². The second kappa shape index (κ2) is 6.08. The smallest absolute Gasteiger partial charge is 0.296 e. The molecule has 0 bridgehead atoms. The maximum atomic E-state index is 13.5. The highest BCUT2D eigenvalue weighted by Crippen LogP contribution is 2.33. The minimum atomic E-state index is -4.49. The molecule has 4 nitrogen and oxygen atoms in total. The molecule has 8 heteroatoms. The van der Waals surface area contributed by atoms with Crippen LogP contribution in [0.2, 0.25) is 0 Å². The molecule has 0 aliphatic heterocycles. The number of aromatic amines is 1. The molecule has 0 aliphatic rings. The van der Waals surface area contributed by atoms with E-state index in [1.807, 2.05) is 0 Å². The van der Waals surface area contributed by atoms with E-state index in [2.05, 4.69) is 10.1 Å². The third-order valence-corrected chi connectivity index (χ3v) is 4.12. The van der Waals surface area contributed by atoms with Crippen LogP contribution >= 0.6 is 0 Å². The quantitative estimate of drug-likeness (QED) is 0.526. The Bertz CT molecular complexity index is 1210. The minimum absolute atomic E-state index is 0.154. The first-order valence-corrected chi connectivity index (χ1v) is 7.88. The molecular weight excluding hydrogens is 362 g/mol. The number of H-pyrrole nitrogens is 1. The van der Waals surface area contributed by atoms with Crippen LogP contribution in [0.4, 0.5) is 17.6 Å². The van der Waals surface area contributed by atoms with Gasteiger partial charge in [0.1, 0.15) is 5.82 Å². The number of halogens is 4. The zero-order valence-electron chi connectivity index (χ0n) is 13.6. The van der Waals surface area contributed by atoms with Crippen molar-refractivity contribution >= 4 is 5.65 Å². The fourth-order valence-corrected chi connectivity index (χ4v) is 2.85. The average molecular weight is 373 g/mol. The van der Waals surface area contributed by atoms with E-state index in [1.165, 1.54) is 42.6 Å². The standard InChI is InChI=1S/C19H11F4N3O/c20-14-6-2-4-12(8-14)16-9-17(27)26-18(25-16)15(10-24-26)11-3-1-5-13(7-11)19(21,22)23/h1-10,24H. The highest BCUT2D eigenvalue weighted by Gasteiger charge is 2.30. The van der Waals surface area contributed by atoms with Crippen LogP contribution < -0.4 is 5.56 Å². The lowest BCUT2D eigenvalue weighted by atomic mass is 10.1. The summed E-state index contributed by atoms with van der Waals surface area (Å²) in [6, 6.07) is 11.6. The van der Waals surface area contributed by atoms with Crippen LogP contribution in [0.25, 0.3) is 28.0 Å². The fourth-order valence-electron chi connectivity index (χ4n) is 2.85. The Kier molecular flexibility index (Phi) is 3.83. The summed E-state index contributed by atoms with van der Waals surface area (Å²) in [5.41, 5.74) is 0.1000. The van der Waals surface area contributed by atoms with E-state index >= 15 is 0 Å². The van der Waals surface area contributed by atoms with Crippen molar-refractivity contribution in [1.29, 1.82) is 0 Å². The number of hydrogen-bond acceptors (Lipinski definition) is 2. The van der Waals surface area contributed by atoms with Gasteiger partial charge in [-0.1, -0.05) is 24.3 Å². The molecule has 136 valence electrons. The summed E-state index contributed by atoms with van der Waals surface area (Å²) in [5, 5.41) is 2.69. The van der Waals surface area contributed by atoms with E-state index < -0.39 is 23.1 Å². The summed E-state index contributed by atoms with van der Waals surface area (Å²) in [6.45, 7) is 0. The molecule has 1 N–H and O–H groups in total. The first kappa shape index (κ1) is 17.0. The topological polar surface area (TPSA) is 50.2 Å². The van der Waals surface area contributed by atoms with E-state index in [1.54, 1.807) is 6.07 Å². The lowest BCUT2D eigenvalue weighted by Crippen LogP contribution is -2.14. The number of aromatic nitrogens is 3. The zero-order chi connectivity index (χ0) is 19.2. The van der Waals surface area contributed by atoms with E-state index in [-0.39, 0.29) is 16.9 Å². The molecule has 27 heavy (non-hydrogen) atoms. The lowest BCUT2D eigenvalue weighted by molar-refractivity contribution is -0.137. The van der Waals surface area contributed by atoms with Gasteiger partial charge in [-0.2, -0.15) is 13.2 Å². The maximum Gasteiger partial charge on any atom is 0.416 e. The van der Waals surface area contributed by atoms with Crippen molar-refractivity contribution in [2.45, 2.75) is 6.18 Å². The third-order valence-electron chi connectivity index (χ3n) is 4.12. The van der Waals surface area contributed by atoms with Gasteiger partial charge in [0.05, 0.1) is 11.3 Å². The van der Waals surface area contributed by atoms with Crippen LogP contribution in [0.15, 0.2) is 65.6 Å². The van der Waals surface area contributed by atoms with Gasteiger partial charge in [-0.3, -0.25) is 9.89 Å². The van der Waals surface area contributed by atoms with Crippen LogP contribution in [0.5, 0.6) is 0 Å². The molecule has 0 saturated heterocycles. The van der Waals surface area contributed by atoms with Crippen molar-refractivity contribution in [2.24, 2.45) is 0 Å². The van der Waals surface area contributed by atoms with Crippen molar-refractivity contribution in [3.8, 4) is 22.4 Å². The number of hydrogen-bond donors (Lipinski definition) is 1. The molecule has 2 aromatic carbocycles. The molecule has 2 aromatic heterocycles. The van der Waals surface area contributed by atoms with Gasteiger partial charge in [0.15, 0.2) is 5.65 Å². The Morgan fingerprint density at radius 1 is 0.963 bits per heavy atom. The highest BCUT2D eigenvalue weighted by atomic mass is 19.4. The molecule has 0 unspecified atom stereocenters. The summed E-state index contributed by atoms with van der Waals surface area (Å²) in [6.07, 6.45) is -3.08. The van der Waals surface area contributed by atoms with Crippen LogP contribution in [-0.4, -0.2) is 14.6 Å². The number of nitrogens with zero attached hydrogens (tertiary/aromatic N) is 2. The van der Waals surface area contributed by atoms with Crippen molar-refractivity contribution < 1.29 is 17.6 Å². The number of alkyl halides is 3. The van der Waals surface area contributed by atoms with Gasteiger partial charge in [-0.05, 0) is 29.8 Å². The average Bonchev–Trinajstić information content (AvgIpc) is 3.06. The highest BCUT2D eigenvalue weighted by molar-refractivity contribution is 5.78. The number of nitrogens with one attached hydrogen (secondary N) is 1. The molecule has 0 atom stereocenters. The van der Waals surface area contributed by atoms with Crippen molar-refractivity contribution in [2.75, 3.05) is 0 Å². The Morgan fingerprint density at radius 2 is 1.70 bits per heavy atom. The predicted octanol–water partition coefficient (Wildman–Crippen LogP) is 4.51. The van der Waals surface area contributed by atoms with Gasteiger partial charge in [-0.25, -0.2) is 13.9 Å².